The molecular weight excluding hydrogens is 308 g/mol. The molecule has 2 atom stereocenters. The molecule has 1 aliphatic heterocycles. The van der Waals surface area contributed by atoms with Crippen molar-refractivity contribution in [3.8, 4) is 0 Å². The van der Waals surface area contributed by atoms with Gasteiger partial charge in [-0.25, -0.2) is 0 Å². The lowest BCUT2D eigenvalue weighted by molar-refractivity contribution is -0.132. The third kappa shape index (κ3) is 3.33. The van der Waals surface area contributed by atoms with Gasteiger partial charge in [-0.1, -0.05) is 17.7 Å². The molecule has 1 aromatic heterocycles. The van der Waals surface area contributed by atoms with Gasteiger partial charge in [0.2, 0.25) is 11.8 Å². The summed E-state index contributed by atoms with van der Waals surface area (Å²) in [4.78, 5) is 26.4. The number of carbonyl (C=O) groups excluding carboxylic acids is 2. The fourth-order valence-electron chi connectivity index (χ4n) is 2.81. The van der Waals surface area contributed by atoms with Gasteiger partial charge in [-0.05, 0) is 37.6 Å². The summed E-state index contributed by atoms with van der Waals surface area (Å²) >= 11 is 0. The van der Waals surface area contributed by atoms with E-state index >= 15 is 0 Å². The van der Waals surface area contributed by atoms with Gasteiger partial charge in [-0.3, -0.25) is 9.59 Å². The largest absolute Gasteiger partial charge is 0.467 e. The maximum absolute atomic E-state index is 12.5. The summed E-state index contributed by atoms with van der Waals surface area (Å²) < 4.78 is 5.08. The Hall–Kier alpha value is -2.60. The van der Waals surface area contributed by atoms with Crippen molar-refractivity contribution in [3.63, 3.8) is 0 Å². The van der Waals surface area contributed by atoms with E-state index in [1.807, 2.05) is 31.2 Å². The summed E-state index contributed by atoms with van der Waals surface area (Å²) in [6.45, 7) is 2.51. The standard InChI is InChI=1S/C18H20N2O4/c1-12-4-6-13(7-5-12)20-9-8-14(18(20)23)17(22)19-11-15(21)16-3-2-10-24-16/h2-7,10,14-15,21H,8-9,11H2,1H3,(H,19,22). The summed E-state index contributed by atoms with van der Waals surface area (Å²) in [5.74, 6) is -0.895. The topological polar surface area (TPSA) is 82.8 Å². The predicted molar refractivity (Wildman–Crippen MR) is 88.3 cm³/mol. The van der Waals surface area contributed by atoms with Crippen molar-refractivity contribution in [3.05, 3.63) is 54.0 Å². The highest BCUT2D eigenvalue weighted by Gasteiger charge is 2.37. The normalized spacial score (nSPS) is 18.7. The van der Waals surface area contributed by atoms with Crippen molar-refractivity contribution in [2.45, 2.75) is 19.4 Å². The molecule has 0 spiro atoms. The minimum atomic E-state index is -0.923. The van der Waals surface area contributed by atoms with Crippen LogP contribution in [0.15, 0.2) is 47.1 Å². The number of nitrogens with one attached hydrogen (secondary N) is 1. The van der Waals surface area contributed by atoms with Crippen LogP contribution in [0.5, 0.6) is 0 Å². The number of amides is 2. The maximum Gasteiger partial charge on any atom is 0.239 e. The van der Waals surface area contributed by atoms with E-state index in [1.165, 1.54) is 6.26 Å². The number of anilines is 1. The molecule has 0 bridgehead atoms. The average molecular weight is 328 g/mol. The molecule has 6 heteroatoms. The first-order chi connectivity index (χ1) is 11.6. The van der Waals surface area contributed by atoms with Crippen molar-refractivity contribution < 1.29 is 19.1 Å². The second-order valence-electron chi connectivity index (χ2n) is 5.94. The number of furan rings is 1. The Bertz CT molecular complexity index is 709. The molecule has 2 N–H and O–H groups in total. The van der Waals surface area contributed by atoms with Crippen LogP contribution in [0, 0.1) is 12.8 Å². The number of hydrogen-bond donors (Lipinski definition) is 2. The van der Waals surface area contributed by atoms with Crippen LogP contribution in [-0.4, -0.2) is 30.0 Å². The number of carbonyl (C=O) groups is 2. The molecular formula is C18H20N2O4. The van der Waals surface area contributed by atoms with Gasteiger partial charge in [0.25, 0.3) is 0 Å². The maximum atomic E-state index is 12.5. The van der Waals surface area contributed by atoms with Gasteiger partial charge in [0.1, 0.15) is 17.8 Å². The van der Waals surface area contributed by atoms with E-state index in [0.717, 1.165) is 11.3 Å². The summed E-state index contributed by atoms with van der Waals surface area (Å²) in [5, 5.41) is 12.5. The molecule has 0 aliphatic carbocycles. The molecule has 2 amide bonds. The van der Waals surface area contributed by atoms with Crippen molar-refractivity contribution in [2.24, 2.45) is 5.92 Å². The van der Waals surface area contributed by atoms with E-state index in [1.54, 1.807) is 17.0 Å². The number of benzene rings is 1. The average Bonchev–Trinajstić information content (AvgIpc) is 3.23. The number of rotatable bonds is 5. The van der Waals surface area contributed by atoms with Gasteiger partial charge in [0, 0.05) is 12.2 Å². The van der Waals surface area contributed by atoms with Crippen LogP contribution in [0.25, 0.3) is 0 Å². The Kier molecular flexibility index (Phi) is 4.66. The zero-order valence-corrected chi connectivity index (χ0v) is 13.4. The SMILES string of the molecule is Cc1ccc(N2CCC(C(=O)NCC(O)c3ccco3)C2=O)cc1. The Balaban J connectivity index is 1.58. The summed E-state index contributed by atoms with van der Waals surface area (Å²) in [5.41, 5.74) is 1.92. The minimum absolute atomic E-state index is 0.0145. The van der Waals surface area contributed by atoms with E-state index in [9.17, 15) is 14.7 Å². The quantitative estimate of drug-likeness (QED) is 0.820. The zero-order valence-electron chi connectivity index (χ0n) is 13.4. The van der Waals surface area contributed by atoms with Gasteiger partial charge in [0.15, 0.2) is 0 Å². The first kappa shape index (κ1) is 16.3. The lowest BCUT2D eigenvalue weighted by Crippen LogP contribution is -2.38. The Morgan fingerprint density at radius 2 is 2.12 bits per heavy atom. The summed E-state index contributed by atoms with van der Waals surface area (Å²) in [6, 6.07) is 10.9. The molecule has 1 aromatic carbocycles. The fraction of sp³-hybridized carbons (Fsp3) is 0.333. The molecule has 1 aliphatic rings. The van der Waals surface area contributed by atoms with Gasteiger partial charge in [0.05, 0.1) is 12.8 Å². The van der Waals surface area contributed by atoms with Crippen LogP contribution in [0.2, 0.25) is 0 Å². The molecule has 126 valence electrons. The first-order valence-electron chi connectivity index (χ1n) is 7.93. The number of aliphatic hydroxyl groups is 1. The van der Waals surface area contributed by atoms with Gasteiger partial charge < -0.3 is 19.7 Å². The third-order valence-corrected chi connectivity index (χ3v) is 4.21. The van der Waals surface area contributed by atoms with E-state index in [-0.39, 0.29) is 18.4 Å². The van der Waals surface area contributed by atoms with Gasteiger partial charge >= 0.3 is 0 Å². The third-order valence-electron chi connectivity index (χ3n) is 4.21. The van der Waals surface area contributed by atoms with E-state index in [0.29, 0.717) is 18.7 Å². The predicted octanol–water partition coefficient (Wildman–Crippen LogP) is 1.79. The lowest BCUT2D eigenvalue weighted by atomic mass is 10.1. The Morgan fingerprint density at radius 3 is 2.79 bits per heavy atom. The molecule has 1 fully saturated rings. The lowest BCUT2D eigenvalue weighted by Gasteiger charge is -2.17. The van der Waals surface area contributed by atoms with E-state index in [4.69, 9.17) is 4.42 Å². The van der Waals surface area contributed by atoms with E-state index < -0.39 is 12.0 Å². The van der Waals surface area contributed by atoms with Crippen LogP contribution < -0.4 is 10.2 Å². The van der Waals surface area contributed by atoms with Crippen molar-refractivity contribution >= 4 is 17.5 Å². The molecule has 2 heterocycles. The van der Waals surface area contributed by atoms with Crippen LogP contribution >= 0.6 is 0 Å². The Morgan fingerprint density at radius 1 is 1.38 bits per heavy atom. The molecule has 1 saturated heterocycles. The molecule has 3 rings (SSSR count). The fourth-order valence-corrected chi connectivity index (χ4v) is 2.81. The Labute approximate surface area is 140 Å². The van der Waals surface area contributed by atoms with Crippen LogP contribution in [0.3, 0.4) is 0 Å². The van der Waals surface area contributed by atoms with E-state index in [2.05, 4.69) is 5.32 Å². The summed E-state index contributed by atoms with van der Waals surface area (Å²) in [7, 11) is 0. The smallest absolute Gasteiger partial charge is 0.239 e. The molecule has 24 heavy (non-hydrogen) atoms. The first-order valence-corrected chi connectivity index (χ1v) is 7.93. The summed E-state index contributed by atoms with van der Waals surface area (Å²) in [6.07, 6.45) is 1.00. The molecule has 2 aromatic rings. The molecule has 2 unspecified atom stereocenters. The number of aryl methyl sites for hydroxylation is 1. The molecule has 0 radical (unpaired) electrons. The number of hydrogen-bond acceptors (Lipinski definition) is 4. The van der Waals surface area contributed by atoms with Crippen LogP contribution in [0.1, 0.15) is 23.8 Å². The number of nitrogens with zero attached hydrogens (tertiary/aromatic N) is 1. The van der Waals surface area contributed by atoms with Crippen LogP contribution in [-0.2, 0) is 9.59 Å². The second kappa shape index (κ2) is 6.88. The van der Waals surface area contributed by atoms with Crippen molar-refractivity contribution in [2.75, 3.05) is 18.0 Å². The van der Waals surface area contributed by atoms with Gasteiger partial charge in [-0.2, -0.15) is 0 Å². The highest BCUT2D eigenvalue weighted by molar-refractivity contribution is 6.09. The highest BCUT2D eigenvalue weighted by atomic mass is 16.4. The number of aliphatic hydroxyl groups excluding tert-OH is 1. The highest BCUT2D eigenvalue weighted by Crippen LogP contribution is 2.25. The minimum Gasteiger partial charge on any atom is -0.467 e. The zero-order chi connectivity index (χ0) is 17.1. The second-order valence-corrected chi connectivity index (χ2v) is 5.94. The van der Waals surface area contributed by atoms with Gasteiger partial charge in [-0.15, -0.1) is 0 Å². The molecule has 6 nitrogen and oxygen atoms in total. The van der Waals surface area contributed by atoms with Crippen molar-refractivity contribution in [1.29, 1.82) is 0 Å². The molecule has 0 saturated carbocycles. The monoisotopic (exact) mass is 328 g/mol. The van der Waals surface area contributed by atoms with Crippen LogP contribution in [0.4, 0.5) is 5.69 Å². The van der Waals surface area contributed by atoms with Crippen molar-refractivity contribution in [1.82, 2.24) is 5.32 Å².